The van der Waals surface area contributed by atoms with E-state index in [1.165, 1.54) is 13.3 Å². The van der Waals surface area contributed by atoms with Crippen molar-refractivity contribution >= 4 is 42.0 Å². The third kappa shape index (κ3) is 6.49. The molecule has 1 unspecified atom stereocenters. The molecule has 0 aliphatic carbocycles. The topological polar surface area (TPSA) is 154 Å². The summed E-state index contributed by atoms with van der Waals surface area (Å²) < 4.78 is 26.5. The van der Waals surface area contributed by atoms with Crippen molar-refractivity contribution in [2.24, 2.45) is 0 Å². The zero-order valence-electron chi connectivity index (χ0n) is 18.5. The van der Waals surface area contributed by atoms with E-state index < -0.39 is 18.6 Å². The average Bonchev–Trinajstić information content (AvgIpc) is 3.12. The molecule has 4 N–H and O–H groups in total. The first-order valence-electron chi connectivity index (χ1n) is 10.1. The van der Waals surface area contributed by atoms with Gasteiger partial charge in [0.15, 0.2) is 11.2 Å². The van der Waals surface area contributed by atoms with Crippen LogP contribution < -0.4 is 16.4 Å². The normalized spacial score (nSPS) is 13.8. The number of ketones is 1. The van der Waals surface area contributed by atoms with E-state index in [-0.39, 0.29) is 43.4 Å². The van der Waals surface area contributed by atoms with Crippen LogP contribution in [0.3, 0.4) is 0 Å². The summed E-state index contributed by atoms with van der Waals surface area (Å²) in [7, 11) is -3.60. The minimum Gasteiger partial charge on any atom is -0.369 e. The van der Waals surface area contributed by atoms with Gasteiger partial charge in [0, 0.05) is 11.6 Å². The zero-order chi connectivity index (χ0) is 24.2. The molecule has 3 rings (SSSR count). The highest BCUT2D eigenvalue weighted by atomic mass is 35.5. The molecule has 178 valence electrons. The maximum absolute atomic E-state index is 13.5. The van der Waals surface area contributed by atoms with Gasteiger partial charge in [-0.15, -0.1) is 0 Å². The molecule has 11 nitrogen and oxygen atoms in total. The monoisotopic (exact) mass is 496 g/mol. The number of nitrogens with one attached hydrogen (secondary N) is 2. The van der Waals surface area contributed by atoms with Crippen LogP contribution in [-0.2, 0) is 31.8 Å². The molecule has 3 aromatic rings. The lowest BCUT2D eigenvalue weighted by Gasteiger charge is -2.29. The number of nitrogen functional groups attached to an aromatic ring is 1. The summed E-state index contributed by atoms with van der Waals surface area (Å²) in [5, 5.41) is 3.35. The van der Waals surface area contributed by atoms with Crippen molar-refractivity contribution in [2.45, 2.75) is 39.5 Å². The van der Waals surface area contributed by atoms with Gasteiger partial charge in [-0.3, -0.25) is 19.1 Å². The SMILES string of the molecule is CC(=O)C(C)(C)NP(=O)(COCCn1cnc2c(=O)[nH]c(N)nc21)OCc1cccc(Cl)c1. The Morgan fingerprint density at radius 2 is 2.15 bits per heavy atom. The number of hydrogen-bond acceptors (Lipinski definition) is 8. The molecule has 0 spiro atoms. The number of Topliss-reactive ketones (excluding diaryl/α,β-unsaturated/α-hetero) is 1. The van der Waals surface area contributed by atoms with Crippen LogP contribution in [0.1, 0.15) is 26.3 Å². The predicted molar refractivity (Wildman–Crippen MR) is 125 cm³/mol. The number of benzene rings is 1. The molecule has 0 saturated carbocycles. The maximum atomic E-state index is 13.5. The van der Waals surface area contributed by atoms with Gasteiger partial charge in [-0.2, -0.15) is 4.98 Å². The summed E-state index contributed by atoms with van der Waals surface area (Å²) in [6, 6.07) is 6.98. The first kappa shape index (κ1) is 25.1. The van der Waals surface area contributed by atoms with Crippen molar-refractivity contribution in [3.63, 3.8) is 0 Å². The lowest BCUT2D eigenvalue weighted by atomic mass is 10.0. The summed E-state index contributed by atoms with van der Waals surface area (Å²) in [5.74, 6) is -0.224. The number of carbonyl (C=O) groups excluding carboxylic acids is 1. The van der Waals surface area contributed by atoms with Crippen LogP contribution in [0.2, 0.25) is 5.02 Å². The van der Waals surface area contributed by atoms with Crippen molar-refractivity contribution in [1.29, 1.82) is 0 Å². The first-order valence-corrected chi connectivity index (χ1v) is 12.2. The molecule has 1 atom stereocenters. The average molecular weight is 497 g/mol. The highest BCUT2D eigenvalue weighted by molar-refractivity contribution is 7.56. The summed E-state index contributed by atoms with van der Waals surface area (Å²) in [6.07, 6.45) is 1.16. The molecule has 0 radical (unpaired) electrons. The standard InChI is InChI=1S/C20H26ClN6O5P/c1-13(28)20(2,3)26-33(30,32-10-14-5-4-6-15(21)9-14)12-31-8-7-27-11-23-16-17(27)24-19(22)25-18(16)29/h4-6,9,11H,7-8,10,12H2,1-3H3,(H,26,30)(H3,22,24,25,29). The van der Waals surface area contributed by atoms with Crippen LogP contribution in [0.4, 0.5) is 5.95 Å². The van der Waals surface area contributed by atoms with Gasteiger partial charge in [-0.1, -0.05) is 23.7 Å². The molecule has 0 amide bonds. The van der Waals surface area contributed by atoms with E-state index in [1.807, 2.05) is 0 Å². The van der Waals surface area contributed by atoms with Crippen molar-refractivity contribution in [1.82, 2.24) is 24.6 Å². The zero-order valence-corrected chi connectivity index (χ0v) is 20.2. The molecule has 1 aromatic carbocycles. The third-order valence-electron chi connectivity index (χ3n) is 4.89. The number of anilines is 1. The molecular formula is C20H26ClN6O5P. The van der Waals surface area contributed by atoms with E-state index in [2.05, 4.69) is 20.0 Å². The lowest BCUT2D eigenvalue weighted by molar-refractivity contribution is -0.121. The second kappa shape index (κ2) is 10.1. The Kier molecular flexibility index (Phi) is 7.71. The second-order valence-corrected chi connectivity index (χ2v) is 10.5. The second-order valence-electron chi connectivity index (χ2n) is 7.97. The number of fused-ring (bicyclic) bond motifs is 1. The van der Waals surface area contributed by atoms with Gasteiger partial charge in [0.1, 0.15) is 12.1 Å². The third-order valence-corrected chi connectivity index (χ3v) is 7.09. The molecule has 0 saturated heterocycles. The van der Waals surface area contributed by atoms with E-state index in [0.717, 1.165) is 5.56 Å². The van der Waals surface area contributed by atoms with Crippen LogP contribution in [0, 0.1) is 0 Å². The first-order chi connectivity index (χ1) is 15.5. The minimum atomic E-state index is -3.60. The molecule has 0 aliphatic rings. The highest BCUT2D eigenvalue weighted by Crippen LogP contribution is 2.45. The Morgan fingerprint density at radius 1 is 1.39 bits per heavy atom. The van der Waals surface area contributed by atoms with Gasteiger partial charge in [-0.05, 0) is 38.5 Å². The number of H-pyrrole nitrogens is 1. The van der Waals surface area contributed by atoms with Crippen molar-refractivity contribution < 1.29 is 18.6 Å². The molecular weight excluding hydrogens is 471 g/mol. The van der Waals surface area contributed by atoms with Crippen LogP contribution >= 0.6 is 19.1 Å². The number of aromatic amines is 1. The minimum absolute atomic E-state index is 0.0142. The van der Waals surface area contributed by atoms with Gasteiger partial charge in [0.25, 0.3) is 13.1 Å². The van der Waals surface area contributed by atoms with Crippen molar-refractivity contribution in [2.75, 3.05) is 18.7 Å². The van der Waals surface area contributed by atoms with E-state index in [4.69, 9.17) is 26.6 Å². The Bertz CT molecular complexity index is 1260. The summed E-state index contributed by atoms with van der Waals surface area (Å²) in [4.78, 5) is 34.4. The Labute approximate surface area is 195 Å². The molecule has 2 aromatic heterocycles. The summed E-state index contributed by atoms with van der Waals surface area (Å²) in [5.41, 5.74) is 5.28. The van der Waals surface area contributed by atoms with E-state index >= 15 is 0 Å². The number of nitrogens with two attached hydrogens (primary N) is 1. The number of ether oxygens (including phenoxy) is 1. The lowest BCUT2D eigenvalue weighted by Crippen LogP contribution is -2.44. The maximum Gasteiger partial charge on any atom is 0.296 e. The van der Waals surface area contributed by atoms with Crippen LogP contribution in [0.5, 0.6) is 0 Å². The number of rotatable bonds is 11. The number of aromatic nitrogens is 4. The highest BCUT2D eigenvalue weighted by Gasteiger charge is 2.35. The molecule has 0 aliphatic heterocycles. The van der Waals surface area contributed by atoms with E-state index in [1.54, 1.807) is 42.7 Å². The largest absolute Gasteiger partial charge is 0.369 e. The summed E-state index contributed by atoms with van der Waals surface area (Å²) in [6.45, 7) is 5.05. The van der Waals surface area contributed by atoms with E-state index in [9.17, 15) is 14.2 Å². The predicted octanol–water partition coefficient (Wildman–Crippen LogP) is 2.70. The number of carbonyl (C=O) groups is 1. The van der Waals surface area contributed by atoms with Gasteiger partial charge >= 0.3 is 0 Å². The van der Waals surface area contributed by atoms with Gasteiger partial charge in [0.05, 0.1) is 25.1 Å². The number of hydrogen-bond donors (Lipinski definition) is 3. The fraction of sp³-hybridized carbons (Fsp3) is 0.400. The fourth-order valence-electron chi connectivity index (χ4n) is 2.89. The van der Waals surface area contributed by atoms with Crippen LogP contribution in [0.15, 0.2) is 35.4 Å². The summed E-state index contributed by atoms with van der Waals surface area (Å²) >= 11 is 6.00. The quantitative estimate of drug-likeness (QED) is 0.268. The van der Waals surface area contributed by atoms with Crippen molar-refractivity contribution in [3.05, 3.63) is 51.5 Å². The molecule has 33 heavy (non-hydrogen) atoms. The Hall–Kier alpha value is -2.56. The smallest absolute Gasteiger partial charge is 0.296 e. The number of nitrogens with zero attached hydrogens (tertiary/aromatic N) is 3. The van der Waals surface area contributed by atoms with Crippen LogP contribution in [-0.4, -0.2) is 43.8 Å². The molecule has 2 heterocycles. The van der Waals surface area contributed by atoms with Gasteiger partial charge in [-0.25, -0.2) is 10.1 Å². The van der Waals surface area contributed by atoms with Gasteiger partial charge in [0.2, 0.25) is 5.95 Å². The molecule has 0 bridgehead atoms. The van der Waals surface area contributed by atoms with Crippen LogP contribution in [0.25, 0.3) is 11.2 Å². The number of imidazole rings is 1. The Morgan fingerprint density at radius 3 is 2.85 bits per heavy atom. The fourth-order valence-corrected chi connectivity index (χ4v) is 5.05. The molecule has 13 heteroatoms. The van der Waals surface area contributed by atoms with Gasteiger partial charge < -0.3 is 19.6 Å². The molecule has 0 fully saturated rings. The Balaban J connectivity index is 1.67. The van der Waals surface area contributed by atoms with E-state index in [0.29, 0.717) is 10.7 Å². The van der Waals surface area contributed by atoms with Crippen molar-refractivity contribution in [3.8, 4) is 0 Å². The number of halogens is 1.